The molecule has 0 N–H and O–H groups in total. The number of rotatable bonds is 3. The lowest BCUT2D eigenvalue weighted by atomic mass is 9.64. The predicted molar refractivity (Wildman–Crippen MR) is 66.1 cm³/mol. The number of carbonyl (C=O) groups excluding carboxylic acids is 1. The molecule has 2 atom stereocenters. The molecule has 0 aromatic rings. The molecule has 1 saturated carbocycles. The molecule has 1 aliphatic rings. The van der Waals surface area contributed by atoms with Gasteiger partial charge in [0.05, 0.1) is 6.61 Å². The minimum atomic E-state index is -0.212. The van der Waals surface area contributed by atoms with E-state index < -0.39 is 0 Å². The third kappa shape index (κ3) is 3.36. The van der Waals surface area contributed by atoms with Gasteiger partial charge in [0.1, 0.15) is 0 Å². The highest BCUT2D eigenvalue weighted by Crippen LogP contribution is 2.44. The molecule has 0 spiro atoms. The van der Waals surface area contributed by atoms with Crippen molar-refractivity contribution >= 4 is 5.97 Å². The van der Waals surface area contributed by atoms with Crippen molar-refractivity contribution in [2.45, 2.75) is 47.0 Å². The Balaban J connectivity index is 2.65. The monoisotopic (exact) mass is 224 g/mol. The molecule has 0 aliphatic heterocycles. The third-order valence-corrected chi connectivity index (χ3v) is 3.72. The molecule has 16 heavy (non-hydrogen) atoms. The smallest absolute Gasteiger partial charge is 0.330 e. The molecule has 1 aliphatic carbocycles. The van der Waals surface area contributed by atoms with Gasteiger partial charge < -0.3 is 4.74 Å². The average molecular weight is 224 g/mol. The summed E-state index contributed by atoms with van der Waals surface area (Å²) in [6.45, 7) is 9.15. The summed E-state index contributed by atoms with van der Waals surface area (Å²) in [5, 5.41) is 0. The molecule has 2 heteroatoms. The van der Waals surface area contributed by atoms with E-state index in [1.54, 1.807) is 6.08 Å². The normalized spacial score (nSPS) is 29.2. The lowest BCUT2D eigenvalue weighted by molar-refractivity contribution is -0.137. The lowest BCUT2D eigenvalue weighted by Gasteiger charge is -2.41. The molecule has 1 fully saturated rings. The van der Waals surface area contributed by atoms with Gasteiger partial charge in [0.25, 0.3) is 0 Å². The zero-order chi connectivity index (χ0) is 12.2. The van der Waals surface area contributed by atoms with E-state index in [-0.39, 0.29) is 5.97 Å². The van der Waals surface area contributed by atoms with Gasteiger partial charge in [-0.3, -0.25) is 0 Å². The first-order valence-electron chi connectivity index (χ1n) is 6.32. The van der Waals surface area contributed by atoms with E-state index in [0.29, 0.717) is 23.9 Å². The fourth-order valence-corrected chi connectivity index (χ4v) is 2.82. The van der Waals surface area contributed by atoms with Gasteiger partial charge in [-0.05, 0) is 30.6 Å². The standard InChI is InChI=1S/C14H24O2/c1-5-16-13(15)9-8-12-11(2)7-6-10-14(12,3)4/h8-9,11-12H,5-7,10H2,1-4H3/t11-,12?/m0/s1. The van der Waals surface area contributed by atoms with E-state index >= 15 is 0 Å². The Hall–Kier alpha value is -0.790. The largest absolute Gasteiger partial charge is 0.463 e. The van der Waals surface area contributed by atoms with Crippen molar-refractivity contribution in [3.05, 3.63) is 12.2 Å². The van der Waals surface area contributed by atoms with Gasteiger partial charge in [0.2, 0.25) is 0 Å². The summed E-state index contributed by atoms with van der Waals surface area (Å²) in [4.78, 5) is 11.3. The molecule has 92 valence electrons. The molecule has 0 saturated heterocycles. The summed E-state index contributed by atoms with van der Waals surface area (Å²) in [6, 6.07) is 0. The maximum Gasteiger partial charge on any atom is 0.330 e. The quantitative estimate of drug-likeness (QED) is 0.541. The molecule has 0 amide bonds. The van der Waals surface area contributed by atoms with Crippen molar-refractivity contribution in [2.24, 2.45) is 17.3 Å². The van der Waals surface area contributed by atoms with Gasteiger partial charge >= 0.3 is 5.97 Å². The highest BCUT2D eigenvalue weighted by Gasteiger charge is 2.34. The van der Waals surface area contributed by atoms with Crippen LogP contribution in [0.15, 0.2) is 12.2 Å². The van der Waals surface area contributed by atoms with Crippen LogP contribution in [0.3, 0.4) is 0 Å². The SMILES string of the molecule is CCOC(=O)C=CC1[C@@H](C)CCCC1(C)C. The summed E-state index contributed by atoms with van der Waals surface area (Å²) in [6.07, 6.45) is 7.48. The molecular formula is C14H24O2. The highest BCUT2D eigenvalue weighted by molar-refractivity contribution is 5.81. The Morgan fingerprint density at radius 1 is 1.50 bits per heavy atom. The third-order valence-electron chi connectivity index (χ3n) is 3.72. The number of carbonyl (C=O) groups is 1. The maximum atomic E-state index is 11.3. The molecular weight excluding hydrogens is 200 g/mol. The van der Waals surface area contributed by atoms with Gasteiger partial charge in [0.15, 0.2) is 0 Å². The number of esters is 1. The summed E-state index contributed by atoms with van der Waals surface area (Å²) in [7, 11) is 0. The lowest BCUT2D eigenvalue weighted by Crippen LogP contribution is -2.32. The topological polar surface area (TPSA) is 26.3 Å². The first kappa shape index (κ1) is 13.3. The Kier molecular flexibility index (Phi) is 4.57. The van der Waals surface area contributed by atoms with Crippen molar-refractivity contribution in [3.63, 3.8) is 0 Å². The van der Waals surface area contributed by atoms with Gasteiger partial charge in [-0.25, -0.2) is 4.79 Å². The molecule has 1 unspecified atom stereocenters. The minimum Gasteiger partial charge on any atom is -0.463 e. The predicted octanol–water partition coefficient (Wildman–Crippen LogP) is 3.57. The van der Waals surface area contributed by atoms with Crippen LogP contribution < -0.4 is 0 Å². The maximum absolute atomic E-state index is 11.3. The number of allylic oxidation sites excluding steroid dienone is 1. The van der Waals surface area contributed by atoms with E-state index in [4.69, 9.17) is 4.74 Å². The second-order valence-electron chi connectivity index (χ2n) is 5.50. The first-order valence-corrected chi connectivity index (χ1v) is 6.32. The van der Waals surface area contributed by atoms with E-state index in [1.807, 2.05) is 6.92 Å². The number of hydrogen-bond donors (Lipinski definition) is 0. The fourth-order valence-electron chi connectivity index (χ4n) is 2.82. The zero-order valence-electron chi connectivity index (χ0n) is 11.0. The Morgan fingerprint density at radius 3 is 2.75 bits per heavy atom. The molecule has 0 aromatic heterocycles. The Labute approximate surface area is 99.1 Å². The zero-order valence-corrected chi connectivity index (χ0v) is 11.0. The van der Waals surface area contributed by atoms with E-state index in [0.717, 1.165) is 0 Å². The molecule has 2 nitrogen and oxygen atoms in total. The van der Waals surface area contributed by atoms with E-state index in [2.05, 4.69) is 26.8 Å². The van der Waals surface area contributed by atoms with Crippen molar-refractivity contribution in [3.8, 4) is 0 Å². The van der Waals surface area contributed by atoms with Crippen LogP contribution in [0.25, 0.3) is 0 Å². The molecule has 0 bridgehead atoms. The van der Waals surface area contributed by atoms with Crippen LogP contribution in [0.1, 0.15) is 47.0 Å². The summed E-state index contributed by atoms with van der Waals surface area (Å²) in [5.74, 6) is 0.941. The van der Waals surface area contributed by atoms with E-state index in [1.165, 1.54) is 19.3 Å². The fraction of sp³-hybridized carbons (Fsp3) is 0.786. The summed E-state index contributed by atoms with van der Waals surface area (Å²) >= 11 is 0. The number of ether oxygens (including phenoxy) is 1. The van der Waals surface area contributed by atoms with Crippen molar-refractivity contribution in [1.82, 2.24) is 0 Å². The number of hydrogen-bond acceptors (Lipinski definition) is 2. The van der Waals surface area contributed by atoms with Gasteiger partial charge in [-0.2, -0.15) is 0 Å². The van der Waals surface area contributed by atoms with Gasteiger partial charge in [-0.1, -0.05) is 39.7 Å². The van der Waals surface area contributed by atoms with Crippen LogP contribution in [0.5, 0.6) is 0 Å². The van der Waals surface area contributed by atoms with Crippen LogP contribution in [0, 0.1) is 17.3 Å². The van der Waals surface area contributed by atoms with Crippen LogP contribution >= 0.6 is 0 Å². The van der Waals surface area contributed by atoms with Gasteiger partial charge in [-0.15, -0.1) is 0 Å². The molecule has 0 heterocycles. The van der Waals surface area contributed by atoms with E-state index in [9.17, 15) is 4.79 Å². The van der Waals surface area contributed by atoms with Crippen LogP contribution in [0.4, 0.5) is 0 Å². The average Bonchev–Trinajstić information content (AvgIpc) is 2.16. The van der Waals surface area contributed by atoms with Crippen molar-refractivity contribution in [1.29, 1.82) is 0 Å². The first-order chi connectivity index (χ1) is 7.47. The van der Waals surface area contributed by atoms with Crippen molar-refractivity contribution < 1.29 is 9.53 Å². The van der Waals surface area contributed by atoms with Crippen LogP contribution in [0.2, 0.25) is 0 Å². The summed E-state index contributed by atoms with van der Waals surface area (Å²) in [5.41, 5.74) is 0.306. The molecule has 0 aromatic carbocycles. The second kappa shape index (κ2) is 5.51. The van der Waals surface area contributed by atoms with Crippen LogP contribution in [-0.2, 0) is 9.53 Å². The Bertz CT molecular complexity index is 266. The molecule has 1 rings (SSSR count). The minimum absolute atomic E-state index is 0.212. The van der Waals surface area contributed by atoms with Crippen molar-refractivity contribution in [2.75, 3.05) is 6.61 Å². The van der Waals surface area contributed by atoms with Crippen LogP contribution in [-0.4, -0.2) is 12.6 Å². The summed E-state index contributed by atoms with van der Waals surface area (Å²) < 4.78 is 4.91. The van der Waals surface area contributed by atoms with Gasteiger partial charge in [0, 0.05) is 6.08 Å². The molecule has 0 radical (unpaired) electrons. The highest BCUT2D eigenvalue weighted by atomic mass is 16.5. The second-order valence-corrected chi connectivity index (χ2v) is 5.50. The Morgan fingerprint density at radius 2 is 2.19 bits per heavy atom.